The lowest BCUT2D eigenvalue weighted by atomic mass is 10.1. The molecule has 0 fully saturated rings. The first-order chi connectivity index (χ1) is 12.4. The Morgan fingerprint density at radius 1 is 1.19 bits per heavy atom. The minimum atomic E-state index is -3.17. The molecule has 0 saturated carbocycles. The standard InChI is InChI=1S/C18H22N4O2S2/c1-13-12-14(2)21-22-17(13)16(15-8-5-4-6-9-15)20-18(22)25-10-7-11-26(23,24)19-3/h4-6,8-9,12,19H,7,10-11H2,1-3H3. The number of hydrogen-bond donors (Lipinski definition) is 1. The Balaban J connectivity index is 1.93. The van der Waals surface area contributed by atoms with Crippen LogP contribution in [0, 0.1) is 13.8 Å². The van der Waals surface area contributed by atoms with Crippen LogP contribution in [0.25, 0.3) is 16.8 Å². The van der Waals surface area contributed by atoms with Gasteiger partial charge in [-0.25, -0.2) is 22.6 Å². The van der Waals surface area contributed by atoms with Crippen molar-refractivity contribution in [3.8, 4) is 11.3 Å². The summed E-state index contributed by atoms with van der Waals surface area (Å²) in [5.41, 5.74) is 4.98. The fourth-order valence-electron chi connectivity index (χ4n) is 2.81. The molecule has 0 unspecified atom stereocenters. The number of sulfonamides is 1. The Labute approximate surface area is 158 Å². The molecule has 0 saturated heterocycles. The molecule has 0 aliphatic carbocycles. The molecule has 3 aromatic rings. The molecule has 0 aliphatic heterocycles. The molecular weight excluding hydrogens is 368 g/mol. The molecule has 0 amide bonds. The minimum Gasteiger partial charge on any atom is -0.220 e. The van der Waals surface area contributed by atoms with Crippen LogP contribution in [0.4, 0.5) is 0 Å². The fourth-order valence-corrected chi connectivity index (χ4v) is 4.60. The second-order valence-electron chi connectivity index (χ2n) is 6.06. The first-order valence-corrected chi connectivity index (χ1v) is 11.0. The van der Waals surface area contributed by atoms with Crippen LogP contribution in [0.2, 0.25) is 0 Å². The van der Waals surface area contributed by atoms with E-state index in [1.54, 1.807) is 0 Å². The Morgan fingerprint density at radius 3 is 2.62 bits per heavy atom. The van der Waals surface area contributed by atoms with Crippen molar-refractivity contribution in [3.05, 3.63) is 47.7 Å². The maximum atomic E-state index is 11.5. The van der Waals surface area contributed by atoms with Crippen LogP contribution in [0.1, 0.15) is 17.7 Å². The molecule has 0 radical (unpaired) electrons. The van der Waals surface area contributed by atoms with Gasteiger partial charge < -0.3 is 0 Å². The summed E-state index contributed by atoms with van der Waals surface area (Å²) in [6.45, 7) is 4.02. The van der Waals surface area contributed by atoms with Crippen molar-refractivity contribution in [2.24, 2.45) is 0 Å². The third-order valence-electron chi connectivity index (χ3n) is 4.03. The molecule has 0 bridgehead atoms. The Hall–Kier alpha value is -1.90. The van der Waals surface area contributed by atoms with Gasteiger partial charge in [-0.05, 0) is 38.9 Å². The highest BCUT2D eigenvalue weighted by atomic mass is 32.2. The van der Waals surface area contributed by atoms with E-state index in [0.717, 1.165) is 33.2 Å². The van der Waals surface area contributed by atoms with Crippen molar-refractivity contribution in [1.82, 2.24) is 19.3 Å². The summed E-state index contributed by atoms with van der Waals surface area (Å²) in [4.78, 5) is 4.81. The quantitative estimate of drug-likeness (QED) is 0.496. The number of hydrogen-bond acceptors (Lipinski definition) is 5. The van der Waals surface area contributed by atoms with E-state index in [1.807, 2.05) is 41.8 Å². The summed E-state index contributed by atoms with van der Waals surface area (Å²) in [6.07, 6.45) is 0.550. The molecule has 138 valence electrons. The molecule has 26 heavy (non-hydrogen) atoms. The van der Waals surface area contributed by atoms with Gasteiger partial charge >= 0.3 is 0 Å². The molecule has 6 nitrogen and oxygen atoms in total. The van der Waals surface area contributed by atoms with Gasteiger partial charge in [-0.1, -0.05) is 42.1 Å². The second-order valence-corrected chi connectivity index (χ2v) is 9.17. The number of fused-ring (bicyclic) bond motifs is 1. The predicted octanol–water partition coefficient (Wildman–Crippen LogP) is 3.04. The van der Waals surface area contributed by atoms with Gasteiger partial charge in [0.15, 0.2) is 5.16 Å². The zero-order valence-corrected chi connectivity index (χ0v) is 16.7. The summed E-state index contributed by atoms with van der Waals surface area (Å²) < 4.78 is 27.3. The van der Waals surface area contributed by atoms with Crippen LogP contribution in [-0.4, -0.2) is 41.6 Å². The normalized spacial score (nSPS) is 12.0. The zero-order valence-electron chi connectivity index (χ0n) is 15.1. The van der Waals surface area contributed by atoms with Crippen LogP contribution >= 0.6 is 11.8 Å². The lowest BCUT2D eigenvalue weighted by molar-refractivity contribution is 0.587. The summed E-state index contributed by atoms with van der Waals surface area (Å²) in [6, 6.07) is 12.1. The van der Waals surface area contributed by atoms with Crippen molar-refractivity contribution in [1.29, 1.82) is 0 Å². The summed E-state index contributed by atoms with van der Waals surface area (Å²) >= 11 is 1.53. The van der Waals surface area contributed by atoms with Crippen molar-refractivity contribution in [3.63, 3.8) is 0 Å². The largest absolute Gasteiger partial charge is 0.220 e. The third-order valence-corrected chi connectivity index (χ3v) is 6.49. The maximum absolute atomic E-state index is 11.5. The summed E-state index contributed by atoms with van der Waals surface area (Å²) in [7, 11) is -1.74. The minimum absolute atomic E-state index is 0.108. The number of nitrogens with one attached hydrogen (secondary N) is 1. The second kappa shape index (κ2) is 7.77. The number of nitrogens with zero attached hydrogens (tertiary/aromatic N) is 3. The molecule has 3 rings (SSSR count). The lowest BCUT2D eigenvalue weighted by Crippen LogP contribution is -2.22. The van der Waals surface area contributed by atoms with E-state index < -0.39 is 10.0 Å². The lowest BCUT2D eigenvalue weighted by Gasteiger charge is -2.05. The van der Waals surface area contributed by atoms with E-state index in [2.05, 4.69) is 22.8 Å². The zero-order chi connectivity index (χ0) is 18.7. The monoisotopic (exact) mass is 390 g/mol. The van der Waals surface area contributed by atoms with Gasteiger partial charge in [0.05, 0.1) is 22.7 Å². The first kappa shape index (κ1) is 18.9. The SMILES string of the molecule is CNS(=O)(=O)CCCSc1nc(-c2ccccc2)c2c(C)cc(C)nn12. The van der Waals surface area contributed by atoms with Gasteiger partial charge in [-0.15, -0.1) is 0 Å². The number of thioether (sulfide) groups is 1. The van der Waals surface area contributed by atoms with Crippen molar-refractivity contribution < 1.29 is 8.42 Å². The average Bonchev–Trinajstić information content (AvgIpc) is 2.98. The topological polar surface area (TPSA) is 76.4 Å². The van der Waals surface area contributed by atoms with E-state index in [1.165, 1.54) is 18.8 Å². The maximum Gasteiger partial charge on any atom is 0.211 e. The molecule has 2 heterocycles. The van der Waals surface area contributed by atoms with Gasteiger partial charge in [-0.2, -0.15) is 5.10 Å². The smallest absolute Gasteiger partial charge is 0.211 e. The van der Waals surface area contributed by atoms with Crippen LogP contribution < -0.4 is 4.72 Å². The number of imidazole rings is 1. The molecular formula is C18H22N4O2S2. The van der Waals surface area contributed by atoms with E-state index in [0.29, 0.717) is 12.2 Å². The number of benzene rings is 1. The molecule has 0 atom stereocenters. The molecule has 0 spiro atoms. The first-order valence-electron chi connectivity index (χ1n) is 8.37. The van der Waals surface area contributed by atoms with Gasteiger partial charge in [0.25, 0.3) is 0 Å². The third kappa shape index (κ3) is 4.08. The van der Waals surface area contributed by atoms with Gasteiger partial charge in [0.2, 0.25) is 10.0 Å². The van der Waals surface area contributed by atoms with E-state index in [9.17, 15) is 8.42 Å². The molecule has 1 N–H and O–H groups in total. The van der Waals surface area contributed by atoms with Crippen LogP contribution in [0.3, 0.4) is 0 Å². The molecule has 0 aliphatic rings. The Kier molecular flexibility index (Phi) is 5.64. The van der Waals surface area contributed by atoms with Crippen molar-refractivity contribution in [2.75, 3.05) is 18.6 Å². The van der Waals surface area contributed by atoms with E-state index in [-0.39, 0.29) is 5.75 Å². The molecule has 8 heteroatoms. The van der Waals surface area contributed by atoms with Crippen LogP contribution in [-0.2, 0) is 10.0 Å². The highest BCUT2D eigenvalue weighted by molar-refractivity contribution is 7.99. The van der Waals surface area contributed by atoms with Gasteiger partial charge in [0, 0.05) is 11.3 Å². The molecule has 2 aromatic heterocycles. The van der Waals surface area contributed by atoms with E-state index in [4.69, 9.17) is 4.98 Å². The Morgan fingerprint density at radius 2 is 1.92 bits per heavy atom. The van der Waals surface area contributed by atoms with Crippen LogP contribution in [0.15, 0.2) is 41.6 Å². The van der Waals surface area contributed by atoms with Crippen LogP contribution in [0.5, 0.6) is 0 Å². The van der Waals surface area contributed by atoms with E-state index >= 15 is 0 Å². The highest BCUT2D eigenvalue weighted by Crippen LogP contribution is 2.31. The summed E-state index contributed by atoms with van der Waals surface area (Å²) in [5, 5.41) is 5.41. The Bertz CT molecular complexity index is 1010. The number of aryl methyl sites for hydroxylation is 2. The van der Waals surface area contributed by atoms with Crippen molar-refractivity contribution in [2.45, 2.75) is 25.4 Å². The highest BCUT2D eigenvalue weighted by Gasteiger charge is 2.17. The average molecular weight is 391 g/mol. The predicted molar refractivity (Wildman–Crippen MR) is 106 cm³/mol. The van der Waals surface area contributed by atoms with Gasteiger partial charge in [0.1, 0.15) is 0 Å². The van der Waals surface area contributed by atoms with Gasteiger partial charge in [-0.3, -0.25) is 0 Å². The number of aromatic nitrogens is 3. The van der Waals surface area contributed by atoms with Crippen molar-refractivity contribution >= 4 is 27.3 Å². The summed E-state index contributed by atoms with van der Waals surface area (Å²) in [5.74, 6) is 0.764. The number of rotatable bonds is 7. The fraction of sp³-hybridized carbons (Fsp3) is 0.333. The molecule has 1 aromatic carbocycles.